The van der Waals surface area contributed by atoms with E-state index in [0.29, 0.717) is 12.0 Å². The molecule has 0 amide bonds. The zero-order valence-corrected chi connectivity index (χ0v) is 8.71. The molecule has 1 aliphatic rings. The Bertz CT molecular complexity index is 133. The number of aliphatic hydroxyl groups excluding tert-OH is 1. The lowest BCUT2D eigenvalue weighted by atomic mass is 9.96. The Morgan fingerprint density at radius 3 is 2.38 bits per heavy atom. The first-order chi connectivity index (χ1) is 6.27. The normalized spacial score (nSPS) is 20.3. The van der Waals surface area contributed by atoms with Crippen LogP contribution >= 0.6 is 0 Å². The predicted octanol–water partition coefficient (Wildman–Crippen LogP) is 0.345. The molecule has 0 spiro atoms. The molecular formula is C10H22N2O. The minimum Gasteiger partial charge on any atom is -0.392 e. The maximum Gasteiger partial charge on any atom is 0.0692 e. The molecule has 0 saturated carbocycles. The Kier molecular flexibility index (Phi) is 4.70. The monoisotopic (exact) mass is 186 g/mol. The van der Waals surface area contributed by atoms with Crippen LogP contribution in [0.25, 0.3) is 0 Å². The summed E-state index contributed by atoms with van der Waals surface area (Å²) in [6.07, 6.45) is 1.97. The van der Waals surface area contributed by atoms with Crippen molar-refractivity contribution < 1.29 is 5.11 Å². The van der Waals surface area contributed by atoms with Crippen LogP contribution in [-0.2, 0) is 0 Å². The Labute approximate surface area is 80.9 Å². The highest BCUT2D eigenvalue weighted by molar-refractivity contribution is 4.83. The lowest BCUT2D eigenvalue weighted by Crippen LogP contribution is -2.57. The van der Waals surface area contributed by atoms with Gasteiger partial charge in [0, 0.05) is 25.7 Å². The van der Waals surface area contributed by atoms with E-state index in [1.807, 2.05) is 0 Å². The SMILES string of the molecule is CCC(CC)C(O)CNC1CNC1. The summed E-state index contributed by atoms with van der Waals surface area (Å²) in [5.41, 5.74) is 0. The van der Waals surface area contributed by atoms with Crippen molar-refractivity contribution in [3.63, 3.8) is 0 Å². The number of hydrogen-bond donors (Lipinski definition) is 3. The first-order valence-corrected chi connectivity index (χ1v) is 5.40. The summed E-state index contributed by atoms with van der Waals surface area (Å²) in [4.78, 5) is 0. The van der Waals surface area contributed by atoms with Crippen molar-refractivity contribution in [3.05, 3.63) is 0 Å². The van der Waals surface area contributed by atoms with E-state index in [9.17, 15) is 5.11 Å². The molecule has 1 fully saturated rings. The molecule has 1 aliphatic heterocycles. The van der Waals surface area contributed by atoms with Crippen molar-refractivity contribution in [2.75, 3.05) is 19.6 Å². The summed E-state index contributed by atoms with van der Waals surface area (Å²) < 4.78 is 0. The van der Waals surface area contributed by atoms with Gasteiger partial charge in [0.05, 0.1) is 6.10 Å². The fourth-order valence-corrected chi connectivity index (χ4v) is 1.72. The molecule has 0 aliphatic carbocycles. The molecule has 1 atom stereocenters. The summed E-state index contributed by atoms with van der Waals surface area (Å²) >= 11 is 0. The summed E-state index contributed by atoms with van der Waals surface area (Å²) in [6.45, 7) is 7.13. The molecule has 1 rings (SSSR count). The second kappa shape index (κ2) is 5.58. The van der Waals surface area contributed by atoms with Gasteiger partial charge in [0.15, 0.2) is 0 Å². The standard InChI is InChI=1S/C10H22N2O/c1-3-8(4-2)10(13)7-12-9-5-11-6-9/h8-13H,3-7H2,1-2H3. The predicted molar refractivity (Wildman–Crippen MR) is 54.7 cm³/mol. The van der Waals surface area contributed by atoms with Gasteiger partial charge in [0.25, 0.3) is 0 Å². The highest BCUT2D eigenvalue weighted by Crippen LogP contribution is 2.12. The van der Waals surface area contributed by atoms with Crippen molar-refractivity contribution in [2.24, 2.45) is 5.92 Å². The van der Waals surface area contributed by atoms with E-state index in [2.05, 4.69) is 24.5 Å². The zero-order chi connectivity index (χ0) is 9.68. The Hall–Kier alpha value is -0.120. The van der Waals surface area contributed by atoms with Gasteiger partial charge in [-0.3, -0.25) is 0 Å². The van der Waals surface area contributed by atoms with E-state index in [4.69, 9.17) is 0 Å². The highest BCUT2D eigenvalue weighted by Gasteiger charge is 2.20. The van der Waals surface area contributed by atoms with Crippen molar-refractivity contribution in [2.45, 2.75) is 38.8 Å². The molecule has 3 heteroatoms. The van der Waals surface area contributed by atoms with Gasteiger partial charge in [0.2, 0.25) is 0 Å². The molecular weight excluding hydrogens is 164 g/mol. The fraction of sp³-hybridized carbons (Fsp3) is 1.00. The molecule has 1 heterocycles. The van der Waals surface area contributed by atoms with Gasteiger partial charge in [-0.2, -0.15) is 0 Å². The van der Waals surface area contributed by atoms with Crippen LogP contribution in [0.4, 0.5) is 0 Å². The van der Waals surface area contributed by atoms with Gasteiger partial charge >= 0.3 is 0 Å². The number of hydrogen-bond acceptors (Lipinski definition) is 3. The molecule has 78 valence electrons. The van der Waals surface area contributed by atoms with Crippen LogP contribution in [0, 0.1) is 5.92 Å². The molecule has 13 heavy (non-hydrogen) atoms. The van der Waals surface area contributed by atoms with E-state index in [1.165, 1.54) is 0 Å². The minimum absolute atomic E-state index is 0.171. The molecule has 0 aromatic carbocycles. The van der Waals surface area contributed by atoms with E-state index in [1.54, 1.807) is 0 Å². The topological polar surface area (TPSA) is 44.3 Å². The molecule has 3 nitrogen and oxygen atoms in total. The van der Waals surface area contributed by atoms with E-state index < -0.39 is 0 Å². The molecule has 0 aromatic rings. The number of nitrogens with one attached hydrogen (secondary N) is 2. The van der Waals surface area contributed by atoms with Gasteiger partial charge in [-0.1, -0.05) is 26.7 Å². The Morgan fingerprint density at radius 1 is 1.38 bits per heavy atom. The minimum atomic E-state index is -0.171. The average Bonchev–Trinajstić information content (AvgIpc) is 2.04. The van der Waals surface area contributed by atoms with E-state index in [0.717, 1.165) is 32.5 Å². The van der Waals surface area contributed by atoms with Crippen molar-refractivity contribution >= 4 is 0 Å². The lowest BCUT2D eigenvalue weighted by molar-refractivity contribution is 0.0956. The van der Waals surface area contributed by atoms with Crippen molar-refractivity contribution in [3.8, 4) is 0 Å². The van der Waals surface area contributed by atoms with Crippen molar-refractivity contribution in [1.29, 1.82) is 0 Å². The van der Waals surface area contributed by atoms with Crippen LogP contribution in [-0.4, -0.2) is 36.9 Å². The molecule has 0 radical (unpaired) electrons. The summed E-state index contributed by atoms with van der Waals surface area (Å²) in [6, 6.07) is 0.587. The van der Waals surface area contributed by atoms with Gasteiger partial charge in [0.1, 0.15) is 0 Å². The first-order valence-electron chi connectivity index (χ1n) is 5.40. The number of rotatable bonds is 6. The van der Waals surface area contributed by atoms with E-state index >= 15 is 0 Å². The highest BCUT2D eigenvalue weighted by atomic mass is 16.3. The summed E-state index contributed by atoms with van der Waals surface area (Å²) in [7, 11) is 0. The summed E-state index contributed by atoms with van der Waals surface area (Å²) in [5, 5.41) is 16.3. The third-order valence-electron chi connectivity index (χ3n) is 2.99. The van der Waals surface area contributed by atoms with Crippen LogP contribution in [0.15, 0.2) is 0 Å². The third-order valence-corrected chi connectivity index (χ3v) is 2.99. The van der Waals surface area contributed by atoms with E-state index in [-0.39, 0.29) is 6.10 Å². The molecule has 1 unspecified atom stereocenters. The zero-order valence-electron chi connectivity index (χ0n) is 8.71. The van der Waals surface area contributed by atoms with Gasteiger partial charge < -0.3 is 15.7 Å². The maximum atomic E-state index is 9.79. The molecule has 0 bridgehead atoms. The second-order valence-corrected chi connectivity index (χ2v) is 3.91. The van der Waals surface area contributed by atoms with Crippen LogP contribution in [0.1, 0.15) is 26.7 Å². The third kappa shape index (κ3) is 3.25. The van der Waals surface area contributed by atoms with Crippen LogP contribution < -0.4 is 10.6 Å². The quantitative estimate of drug-likeness (QED) is 0.560. The Balaban J connectivity index is 2.10. The largest absolute Gasteiger partial charge is 0.392 e. The smallest absolute Gasteiger partial charge is 0.0692 e. The van der Waals surface area contributed by atoms with Gasteiger partial charge in [-0.15, -0.1) is 0 Å². The number of aliphatic hydroxyl groups is 1. The molecule has 1 saturated heterocycles. The second-order valence-electron chi connectivity index (χ2n) is 3.91. The van der Waals surface area contributed by atoms with Crippen molar-refractivity contribution in [1.82, 2.24) is 10.6 Å². The van der Waals surface area contributed by atoms with Crippen LogP contribution in [0.3, 0.4) is 0 Å². The van der Waals surface area contributed by atoms with Gasteiger partial charge in [-0.25, -0.2) is 0 Å². The van der Waals surface area contributed by atoms with Crippen LogP contribution in [0.2, 0.25) is 0 Å². The molecule has 0 aromatic heterocycles. The summed E-state index contributed by atoms with van der Waals surface area (Å²) in [5.74, 6) is 0.459. The Morgan fingerprint density at radius 2 is 2.00 bits per heavy atom. The maximum absolute atomic E-state index is 9.79. The molecule has 3 N–H and O–H groups in total. The van der Waals surface area contributed by atoms with Gasteiger partial charge in [-0.05, 0) is 5.92 Å². The van der Waals surface area contributed by atoms with Crippen LogP contribution in [0.5, 0.6) is 0 Å². The first kappa shape index (κ1) is 11.0. The lowest BCUT2D eigenvalue weighted by Gasteiger charge is -2.30. The fourth-order valence-electron chi connectivity index (χ4n) is 1.72. The average molecular weight is 186 g/mol.